The number of methoxy groups -OCH3 is 1. The summed E-state index contributed by atoms with van der Waals surface area (Å²) >= 11 is 6.11. The van der Waals surface area contributed by atoms with Crippen molar-refractivity contribution in [1.29, 1.82) is 0 Å². The lowest BCUT2D eigenvalue weighted by Gasteiger charge is -2.32. The van der Waals surface area contributed by atoms with Gasteiger partial charge < -0.3 is 15.0 Å². The van der Waals surface area contributed by atoms with Crippen LogP contribution in [0, 0.1) is 6.92 Å². The Morgan fingerprint density at radius 2 is 2.05 bits per heavy atom. The van der Waals surface area contributed by atoms with Crippen molar-refractivity contribution in [3.05, 3.63) is 22.7 Å². The Bertz CT molecular complexity index is 497. The maximum absolute atomic E-state index is 11.3. The van der Waals surface area contributed by atoms with Crippen molar-refractivity contribution in [3.8, 4) is 5.75 Å². The zero-order chi connectivity index (χ0) is 14.7. The van der Waals surface area contributed by atoms with Gasteiger partial charge in [-0.1, -0.05) is 11.6 Å². The quantitative estimate of drug-likeness (QED) is 0.932. The van der Waals surface area contributed by atoms with Crippen molar-refractivity contribution in [2.75, 3.05) is 25.5 Å². The molecule has 0 bridgehead atoms. The van der Waals surface area contributed by atoms with Gasteiger partial charge in [-0.3, -0.25) is 4.79 Å². The molecule has 2 rings (SSSR count). The van der Waals surface area contributed by atoms with Gasteiger partial charge in [-0.05, 0) is 31.4 Å². The first-order valence-electron chi connectivity index (χ1n) is 6.87. The highest BCUT2D eigenvalue weighted by Gasteiger charge is 2.21. The van der Waals surface area contributed by atoms with Crippen LogP contribution in [-0.4, -0.2) is 37.0 Å². The number of amides is 1. The third-order valence-corrected chi connectivity index (χ3v) is 4.19. The zero-order valence-electron chi connectivity index (χ0n) is 12.2. The van der Waals surface area contributed by atoms with Crippen LogP contribution < -0.4 is 10.1 Å². The summed E-state index contributed by atoms with van der Waals surface area (Å²) < 4.78 is 5.37. The summed E-state index contributed by atoms with van der Waals surface area (Å²) in [6, 6.07) is 4.21. The number of likely N-dealkylation sites (tertiary alicyclic amines) is 1. The molecule has 1 aromatic carbocycles. The number of aryl methyl sites for hydroxylation is 1. The Morgan fingerprint density at radius 3 is 2.60 bits per heavy atom. The largest absolute Gasteiger partial charge is 0.495 e. The molecule has 20 heavy (non-hydrogen) atoms. The van der Waals surface area contributed by atoms with Crippen molar-refractivity contribution < 1.29 is 9.53 Å². The number of anilines is 1. The van der Waals surface area contributed by atoms with Crippen LogP contribution in [-0.2, 0) is 4.79 Å². The van der Waals surface area contributed by atoms with Gasteiger partial charge >= 0.3 is 0 Å². The van der Waals surface area contributed by atoms with Gasteiger partial charge in [0.05, 0.1) is 12.8 Å². The fourth-order valence-corrected chi connectivity index (χ4v) is 2.66. The van der Waals surface area contributed by atoms with Crippen LogP contribution in [0.25, 0.3) is 0 Å². The van der Waals surface area contributed by atoms with E-state index >= 15 is 0 Å². The van der Waals surface area contributed by atoms with Gasteiger partial charge in [-0.2, -0.15) is 0 Å². The van der Waals surface area contributed by atoms with E-state index in [-0.39, 0.29) is 5.91 Å². The summed E-state index contributed by atoms with van der Waals surface area (Å²) in [4.78, 5) is 13.2. The molecular formula is C15H21ClN2O2. The topological polar surface area (TPSA) is 41.6 Å². The van der Waals surface area contributed by atoms with E-state index in [9.17, 15) is 4.79 Å². The lowest BCUT2D eigenvalue weighted by Crippen LogP contribution is -2.41. The molecule has 0 radical (unpaired) electrons. The normalized spacial score (nSPS) is 16.1. The molecule has 4 nitrogen and oxygen atoms in total. The number of rotatable bonds is 3. The van der Waals surface area contributed by atoms with E-state index in [4.69, 9.17) is 16.3 Å². The SMILES string of the molecule is COc1cc(Cl)c(C)cc1NC1CCN(C(C)=O)CC1. The van der Waals surface area contributed by atoms with Crippen LogP contribution in [0.15, 0.2) is 12.1 Å². The van der Waals surface area contributed by atoms with Gasteiger partial charge in [-0.25, -0.2) is 0 Å². The minimum atomic E-state index is 0.156. The van der Waals surface area contributed by atoms with Gasteiger partial charge in [-0.15, -0.1) is 0 Å². The number of ether oxygens (including phenoxy) is 1. The van der Waals surface area contributed by atoms with Gasteiger partial charge in [0.2, 0.25) is 5.91 Å². The average molecular weight is 297 g/mol. The molecule has 0 atom stereocenters. The molecule has 0 aliphatic carbocycles. The Balaban J connectivity index is 2.04. The van der Waals surface area contributed by atoms with E-state index in [1.165, 1.54) is 0 Å². The maximum atomic E-state index is 11.3. The van der Waals surface area contributed by atoms with Crippen molar-refractivity contribution >= 4 is 23.2 Å². The molecule has 1 N–H and O–H groups in total. The van der Waals surface area contributed by atoms with E-state index in [1.54, 1.807) is 14.0 Å². The highest BCUT2D eigenvalue weighted by Crippen LogP contribution is 2.32. The first-order chi connectivity index (χ1) is 9.51. The number of piperidine rings is 1. The first-order valence-corrected chi connectivity index (χ1v) is 7.25. The van der Waals surface area contributed by atoms with Gasteiger partial charge in [0.25, 0.3) is 0 Å². The predicted molar refractivity (Wildman–Crippen MR) is 81.6 cm³/mol. The smallest absolute Gasteiger partial charge is 0.219 e. The number of carbonyl (C=O) groups is 1. The van der Waals surface area contributed by atoms with Crippen molar-refractivity contribution in [2.24, 2.45) is 0 Å². The van der Waals surface area contributed by atoms with E-state index < -0.39 is 0 Å². The summed E-state index contributed by atoms with van der Waals surface area (Å²) in [5, 5.41) is 4.21. The molecule has 1 saturated heterocycles. The van der Waals surface area contributed by atoms with Crippen LogP contribution in [0.1, 0.15) is 25.3 Å². The standard InChI is InChI=1S/C15H21ClN2O2/c1-10-8-14(15(20-3)9-13(10)16)17-12-4-6-18(7-5-12)11(2)19/h8-9,12,17H,4-7H2,1-3H3. The minimum absolute atomic E-state index is 0.156. The number of carbonyl (C=O) groups excluding carboxylic acids is 1. The molecular weight excluding hydrogens is 276 g/mol. The second-order valence-electron chi connectivity index (χ2n) is 5.23. The Kier molecular flexibility index (Phi) is 4.76. The third-order valence-electron chi connectivity index (χ3n) is 3.78. The fraction of sp³-hybridized carbons (Fsp3) is 0.533. The van der Waals surface area contributed by atoms with Gasteiger partial charge in [0, 0.05) is 37.1 Å². The molecule has 5 heteroatoms. The molecule has 1 aromatic rings. The Hall–Kier alpha value is -1.42. The van der Waals surface area contributed by atoms with Crippen LogP contribution in [0.3, 0.4) is 0 Å². The van der Waals surface area contributed by atoms with Gasteiger partial charge in [0.1, 0.15) is 5.75 Å². The van der Waals surface area contributed by atoms with E-state index in [0.717, 1.165) is 42.9 Å². The molecule has 0 saturated carbocycles. The molecule has 1 amide bonds. The average Bonchev–Trinajstić information content (AvgIpc) is 2.43. The molecule has 0 aromatic heterocycles. The van der Waals surface area contributed by atoms with E-state index in [1.807, 2.05) is 24.0 Å². The first kappa shape index (κ1) is 15.0. The van der Waals surface area contributed by atoms with E-state index in [0.29, 0.717) is 11.1 Å². The fourth-order valence-electron chi connectivity index (χ4n) is 2.50. The predicted octanol–water partition coefficient (Wildman–Crippen LogP) is 3.08. The second-order valence-corrected chi connectivity index (χ2v) is 5.63. The highest BCUT2D eigenvalue weighted by molar-refractivity contribution is 6.31. The summed E-state index contributed by atoms with van der Waals surface area (Å²) in [6.07, 6.45) is 1.90. The third kappa shape index (κ3) is 3.37. The Labute approximate surface area is 125 Å². The van der Waals surface area contributed by atoms with Crippen LogP contribution in [0.4, 0.5) is 5.69 Å². The molecule has 0 unspecified atom stereocenters. The molecule has 1 aliphatic rings. The van der Waals surface area contributed by atoms with Gasteiger partial charge in [0.15, 0.2) is 0 Å². The second kappa shape index (κ2) is 6.35. The lowest BCUT2D eigenvalue weighted by atomic mass is 10.0. The number of nitrogens with one attached hydrogen (secondary N) is 1. The van der Waals surface area contributed by atoms with Crippen LogP contribution in [0.2, 0.25) is 5.02 Å². The van der Waals surface area contributed by atoms with E-state index in [2.05, 4.69) is 5.32 Å². The number of halogens is 1. The van der Waals surface area contributed by atoms with Crippen molar-refractivity contribution in [2.45, 2.75) is 32.7 Å². The summed E-state index contributed by atoms with van der Waals surface area (Å²) in [6.45, 7) is 5.22. The summed E-state index contributed by atoms with van der Waals surface area (Å²) in [5.74, 6) is 0.915. The minimum Gasteiger partial charge on any atom is -0.495 e. The summed E-state index contributed by atoms with van der Waals surface area (Å²) in [7, 11) is 1.64. The zero-order valence-corrected chi connectivity index (χ0v) is 13.0. The number of benzene rings is 1. The number of nitrogens with zero attached hydrogens (tertiary/aromatic N) is 1. The van der Waals surface area contributed by atoms with Crippen LogP contribution in [0.5, 0.6) is 5.75 Å². The summed E-state index contributed by atoms with van der Waals surface area (Å²) in [5.41, 5.74) is 1.99. The molecule has 110 valence electrons. The van der Waals surface area contributed by atoms with Crippen molar-refractivity contribution in [1.82, 2.24) is 4.90 Å². The maximum Gasteiger partial charge on any atom is 0.219 e. The Morgan fingerprint density at radius 1 is 1.40 bits per heavy atom. The molecule has 0 spiro atoms. The number of hydrogen-bond acceptors (Lipinski definition) is 3. The molecule has 1 aliphatic heterocycles. The van der Waals surface area contributed by atoms with Crippen LogP contribution >= 0.6 is 11.6 Å². The molecule has 1 fully saturated rings. The monoisotopic (exact) mass is 296 g/mol. The number of hydrogen-bond donors (Lipinski definition) is 1. The highest BCUT2D eigenvalue weighted by atomic mass is 35.5. The van der Waals surface area contributed by atoms with Crippen molar-refractivity contribution in [3.63, 3.8) is 0 Å². The lowest BCUT2D eigenvalue weighted by molar-refractivity contribution is -0.129. The molecule has 1 heterocycles.